The SMILES string of the molecule is CC(=O)N(Cc1cc2c(cn1)c(=O)cc(Nc1ccccc1)n2-c1ccccc1)c1ccccc1. The van der Waals surface area contributed by atoms with Gasteiger partial charge in [-0.15, -0.1) is 0 Å². The van der Waals surface area contributed by atoms with E-state index in [1.807, 2.05) is 102 Å². The van der Waals surface area contributed by atoms with Crippen LogP contribution < -0.4 is 15.6 Å². The van der Waals surface area contributed by atoms with Crippen LogP contribution in [0.25, 0.3) is 16.6 Å². The number of hydrogen-bond donors (Lipinski definition) is 1. The molecule has 3 aromatic carbocycles. The zero-order valence-electron chi connectivity index (χ0n) is 19.3. The number of carbonyl (C=O) groups excluding carboxylic acids is 1. The monoisotopic (exact) mass is 460 g/mol. The lowest BCUT2D eigenvalue weighted by Crippen LogP contribution is -2.28. The summed E-state index contributed by atoms with van der Waals surface area (Å²) in [5.41, 5.74) is 3.83. The molecule has 6 nitrogen and oxygen atoms in total. The summed E-state index contributed by atoms with van der Waals surface area (Å²) in [4.78, 5) is 31.7. The van der Waals surface area contributed by atoms with Crippen molar-refractivity contribution in [2.45, 2.75) is 13.5 Å². The van der Waals surface area contributed by atoms with Crippen molar-refractivity contribution in [1.82, 2.24) is 9.55 Å². The third kappa shape index (κ3) is 4.68. The number of rotatable bonds is 6. The predicted octanol–water partition coefficient (Wildman–Crippen LogP) is 5.68. The number of fused-ring (bicyclic) bond motifs is 1. The van der Waals surface area contributed by atoms with Crippen LogP contribution in [0.3, 0.4) is 0 Å². The fraction of sp³-hybridized carbons (Fsp3) is 0.0690. The van der Waals surface area contributed by atoms with Gasteiger partial charge in [0.1, 0.15) is 5.82 Å². The predicted molar refractivity (Wildman–Crippen MR) is 140 cm³/mol. The highest BCUT2D eigenvalue weighted by atomic mass is 16.2. The third-order valence-corrected chi connectivity index (χ3v) is 5.78. The van der Waals surface area contributed by atoms with E-state index >= 15 is 0 Å². The zero-order valence-corrected chi connectivity index (χ0v) is 19.3. The minimum Gasteiger partial charge on any atom is -0.341 e. The molecule has 2 heterocycles. The lowest BCUT2D eigenvalue weighted by molar-refractivity contribution is -0.116. The van der Waals surface area contributed by atoms with Gasteiger partial charge < -0.3 is 10.2 Å². The minimum absolute atomic E-state index is 0.0851. The molecule has 1 N–H and O–H groups in total. The van der Waals surface area contributed by atoms with Gasteiger partial charge >= 0.3 is 0 Å². The van der Waals surface area contributed by atoms with E-state index in [4.69, 9.17) is 0 Å². The van der Waals surface area contributed by atoms with E-state index in [1.165, 1.54) is 6.92 Å². The van der Waals surface area contributed by atoms with Crippen LogP contribution in [0.1, 0.15) is 12.6 Å². The number of nitrogens with one attached hydrogen (secondary N) is 1. The van der Waals surface area contributed by atoms with Crippen LogP contribution in [0.15, 0.2) is 114 Å². The molecule has 0 radical (unpaired) electrons. The van der Waals surface area contributed by atoms with Crippen molar-refractivity contribution in [1.29, 1.82) is 0 Å². The maximum absolute atomic E-state index is 13.1. The highest BCUT2D eigenvalue weighted by Gasteiger charge is 2.16. The Kier molecular flexibility index (Phi) is 6.09. The Labute approximate surface area is 203 Å². The number of pyridine rings is 2. The lowest BCUT2D eigenvalue weighted by atomic mass is 10.1. The Morgan fingerprint density at radius 2 is 1.51 bits per heavy atom. The van der Waals surface area contributed by atoms with Crippen molar-refractivity contribution in [2.24, 2.45) is 0 Å². The van der Waals surface area contributed by atoms with Gasteiger partial charge in [-0.05, 0) is 42.5 Å². The first-order chi connectivity index (χ1) is 17.1. The summed E-state index contributed by atoms with van der Waals surface area (Å²) < 4.78 is 2.01. The number of anilines is 3. The largest absolute Gasteiger partial charge is 0.341 e. The summed E-state index contributed by atoms with van der Waals surface area (Å²) in [5, 5.41) is 3.89. The van der Waals surface area contributed by atoms with Crippen molar-refractivity contribution >= 4 is 34.0 Å². The summed E-state index contributed by atoms with van der Waals surface area (Å²) in [5.74, 6) is 0.557. The van der Waals surface area contributed by atoms with Gasteiger partial charge in [0, 0.05) is 36.2 Å². The van der Waals surface area contributed by atoms with Crippen LogP contribution in [0, 0.1) is 0 Å². The first kappa shape index (κ1) is 22.1. The Hall–Kier alpha value is -4.71. The molecule has 5 rings (SSSR count). The minimum atomic E-state index is -0.129. The van der Waals surface area contributed by atoms with Gasteiger partial charge in [0.25, 0.3) is 0 Å². The Bertz CT molecular complexity index is 1530. The molecule has 0 aliphatic rings. The van der Waals surface area contributed by atoms with Crippen LogP contribution >= 0.6 is 0 Å². The Balaban J connectivity index is 1.67. The van der Waals surface area contributed by atoms with Gasteiger partial charge in [-0.25, -0.2) is 0 Å². The molecule has 1 amide bonds. The normalized spacial score (nSPS) is 10.8. The fourth-order valence-electron chi connectivity index (χ4n) is 4.11. The van der Waals surface area contributed by atoms with E-state index < -0.39 is 0 Å². The quantitative estimate of drug-likeness (QED) is 0.354. The summed E-state index contributed by atoms with van der Waals surface area (Å²) in [6.07, 6.45) is 1.60. The van der Waals surface area contributed by atoms with Crippen LogP contribution in [0.4, 0.5) is 17.2 Å². The van der Waals surface area contributed by atoms with Crippen molar-refractivity contribution in [2.75, 3.05) is 10.2 Å². The summed E-state index contributed by atoms with van der Waals surface area (Å²) in [6, 6.07) is 32.6. The molecule has 0 aliphatic heterocycles. The molecule has 0 bridgehead atoms. The van der Waals surface area contributed by atoms with Crippen LogP contribution in [-0.4, -0.2) is 15.5 Å². The standard InChI is InChI=1S/C29H24N4O2/c1-21(34)32(24-13-7-3-8-14-24)20-23-17-27-26(19-30-23)28(35)18-29(31-22-11-5-2-6-12-22)33(27)25-15-9-4-10-16-25/h2-19,31H,20H2,1H3. The Morgan fingerprint density at radius 3 is 2.17 bits per heavy atom. The van der Waals surface area contributed by atoms with Crippen molar-refractivity contribution in [3.63, 3.8) is 0 Å². The zero-order chi connectivity index (χ0) is 24.2. The molecule has 0 saturated heterocycles. The Morgan fingerprint density at radius 1 is 0.886 bits per heavy atom. The highest BCUT2D eigenvalue weighted by Crippen LogP contribution is 2.26. The van der Waals surface area contributed by atoms with E-state index in [1.54, 1.807) is 17.2 Å². The van der Waals surface area contributed by atoms with Gasteiger partial charge in [0.05, 0.1) is 23.1 Å². The molecule has 0 fully saturated rings. The number of carbonyl (C=O) groups is 1. The smallest absolute Gasteiger partial charge is 0.224 e. The number of aromatic nitrogens is 2. The van der Waals surface area contributed by atoms with E-state index in [0.29, 0.717) is 22.4 Å². The molecule has 0 saturated carbocycles. The maximum Gasteiger partial charge on any atom is 0.224 e. The molecule has 0 aliphatic carbocycles. The van der Waals surface area contributed by atoms with Gasteiger partial charge in [0.15, 0.2) is 5.43 Å². The maximum atomic E-state index is 13.1. The molecule has 0 unspecified atom stereocenters. The van der Waals surface area contributed by atoms with Gasteiger partial charge in [-0.1, -0.05) is 54.6 Å². The molecular formula is C29H24N4O2. The first-order valence-corrected chi connectivity index (χ1v) is 11.4. The van der Waals surface area contributed by atoms with E-state index in [0.717, 1.165) is 17.1 Å². The van der Waals surface area contributed by atoms with Crippen molar-refractivity contribution < 1.29 is 4.79 Å². The molecule has 6 heteroatoms. The number of nitrogens with zero attached hydrogens (tertiary/aromatic N) is 3. The fourth-order valence-corrected chi connectivity index (χ4v) is 4.11. The highest BCUT2D eigenvalue weighted by molar-refractivity contribution is 5.91. The van der Waals surface area contributed by atoms with E-state index in [-0.39, 0.29) is 17.9 Å². The summed E-state index contributed by atoms with van der Waals surface area (Å²) in [7, 11) is 0. The van der Waals surface area contributed by atoms with Crippen LogP contribution in [-0.2, 0) is 11.3 Å². The first-order valence-electron chi connectivity index (χ1n) is 11.4. The van der Waals surface area contributed by atoms with E-state index in [9.17, 15) is 9.59 Å². The third-order valence-electron chi connectivity index (χ3n) is 5.78. The van der Waals surface area contributed by atoms with Crippen molar-refractivity contribution in [3.8, 4) is 5.69 Å². The second-order valence-electron chi connectivity index (χ2n) is 8.19. The molecule has 35 heavy (non-hydrogen) atoms. The number of hydrogen-bond acceptors (Lipinski definition) is 4. The number of amides is 1. The molecule has 0 spiro atoms. The molecule has 172 valence electrons. The topological polar surface area (TPSA) is 67.2 Å². The number of benzene rings is 3. The second kappa shape index (κ2) is 9.65. The van der Waals surface area contributed by atoms with Crippen molar-refractivity contribution in [3.05, 3.63) is 125 Å². The average molecular weight is 461 g/mol. The van der Waals surface area contributed by atoms with Crippen LogP contribution in [0.2, 0.25) is 0 Å². The van der Waals surface area contributed by atoms with Gasteiger partial charge in [0.2, 0.25) is 5.91 Å². The van der Waals surface area contributed by atoms with Crippen LogP contribution in [0.5, 0.6) is 0 Å². The summed E-state index contributed by atoms with van der Waals surface area (Å²) >= 11 is 0. The molecule has 2 aromatic heterocycles. The van der Waals surface area contributed by atoms with E-state index in [2.05, 4.69) is 10.3 Å². The van der Waals surface area contributed by atoms with Gasteiger partial charge in [-0.2, -0.15) is 0 Å². The average Bonchev–Trinajstić information content (AvgIpc) is 2.89. The summed E-state index contributed by atoms with van der Waals surface area (Å²) in [6.45, 7) is 1.82. The molecule has 5 aromatic rings. The molecular weight excluding hydrogens is 436 g/mol. The second-order valence-corrected chi connectivity index (χ2v) is 8.19. The lowest BCUT2D eigenvalue weighted by Gasteiger charge is -2.22. The van der Waals surface area contributed by atoms with Gasteiger partial charge in [-0.3, -0.25) is 19.1 Å². The number of para-hydroxylation sites is 3. The molecule has 0 atom stereocenters.